The minimum atomic E-state index is 0.0806. The van der Waals surface area contributed by atoms with Gasteiger partial charge in [-0.05, 0) is 24.6 Å². The van der Waals surface area contributed by atoms with Crippen LogP contribution >= 0.6 is 11.6 Å². The van der Waals surface area contributed by atoms with Crippen LogP contribution in [0.25, 0.3) is 0 Å². The van der Waals surface area contributed by atoms with E-state index in [4.69, 9.17) is 22.0 Å². The third-order valence-corrected chi connectivity index (χ3v) is 2.81. The number of halogens is 1. The number of nitriles is 1. The maximum Gasteiger partial charge on any atom is 0.101 e. The van der Waals surface area contributed by atoms with Gasteiger partial charge in [-0.25, -0.2) is 0 Å². The van der Waals surface area contributed by atoms with Crippen molar-refractivity contribution in [3.05, 3.63) is 28.8 Å². The fourth-order valence-electron chi connectivity index (χ4n) is 1.70. The van der Waals surface area contributed by atoms with Crippen molar-refractivity contribution < 1.29 is 5.11 Å². The van der Waals surface area contributed by atoms with Crippen LogP contribution in [-0.2, 0) is 0 Å². The lowest BCUT2D eigenvalue weighted by Gasteiger charge is -2.24. The average molecular weight is 253 g/mol. The van der Waals surface area contributed by atoms with Crippen LogP contribution in [0, 0.1) is 11.3 Å². The van der Waals surface area contributed by atoms with Gasteiger partial charge in [-0.15, -0.1) is 0 Å². The first-order chi connectivity index (χ1) is 8.22. The Kier molecular flexibility index (Phi) is 5.82. The Morgan fingerprint density at radius 1 is 1.41 bits per heavy atom. The number of benzene rings is 1. The molecule has 1 rings (SSSR count). The number of nitrogens with zero attached hydrogens (tertiary/aromatic N) is 2. The number of aliphatic hydroxyl groups is 1. The molecule has 0 bridgehead atoms. The third-order valence-electron chi connectivity index (χ3n) is 2.57. The van der Waals surface area contributed by atoms with E-state index in [9.17, 15) is 0 Å². The van der Waals surface area contributed by atoms with Crippen molar-refractivity contribution in [3.8, 4) is 6.07 Å². The molecule has 0 aromatic heterocycles. The Bertz CT molecular complexity index is 401. The van der Waals surface area contributed by atoms with Crippen molar-refractivity contribution in [3.63, 3.8) is 0 Å². The zero-order valence-electron chi connectivity index (χ0n) is 9.99. The minimum absolute atomic E-state index is 0.0806. The summed E-state index contributed by atoms with van der Waals surface area (Å²) in [6.45, 7) is 3.57. The van der Waals surface area contributed by atoms with Crippen LogP contribution in [0.2, 0.25) is 5.02 Å². The Morgan fingerprint density at radius 3 is 2.76 bits per heavy atom. The van der Waals surface area contributed by atoms with Crippen LogP contribution < -0.4 is 4.90 Å². The van der Waals surface area contributed by atoms with Gasteiger partial charge in [0.15, 0.2) is 0 Å². The van der Waals surface area contributed by atoms with Crippen LogP contribution in [0.3, 0.4) is 0 Å². The molecule has 0 fully saturated rings. The van der Waals surface area contributed by atoms with E-state index in [0.29, 0.717) is 17.1 Å². The molecule has 0 amide bonds. The van der Waals surface area contributed by atoms with Gasteiger partial charge in [0, 0.05) is 18.1 Å². The highest BCUT2D eigenvalue weighted by molar-refractivity contribution is 6.30. The van der Waals surface area contributed by atoms with E-state index in [1.165, 1.54) is 0 Å². The fourth-order valence-corrected chi connectivity index (χ4v) is 1.87. The standard InChI is InChI=1S/C13H17ClN2O/c1-2-3-6-16(7-8-17)13-5-4-12(14)9-11(13)10-15/h4-5,9,17H,2-3,6-8H2,1H3. The van der Waals surface area contributed by atoms with Crippen molar-refractivity contribution in [2.75, 3.05) is 24.6 Å². The maximum atomic E-state index is 9.09. The van der Waals surface area contributed by atoms with Gasteiger partial charge in [0.2, 0.25) is 0 Å². The van der Waals surface area contributed by atoms with Crippen molar-refractivity contribution in [2.45, 2.75) is 19.8 Å². The lowest BCUT2D eigenvalue weighted by molar-refractivity contribution is 0.301. The summed E-state index contributed by atoms with van der Waals surface area (Å²) < 4.78 is 0. The SMILES string of the molecule is CCCCN(CCO)c1ccc(Cl)cc1C#N. The summed E-state index contributed by atoms with van der Waals surface area (Å²) in [7, 11) is 0. The summed E-state index contributed by atoms with van der Waals surface area (Å²) in [5.74, 6) is 0. The van der Waals surface area contributed by atoms with Gasteiger partial charge >= 0.3 is 0 Å². The van der Waals surface area contributed by atoms with Crippen LogP contribution in [0.5, 0.6) is 0 Å². The molecule has 0 aliphatic carbocycles. The summed E-state index contributed by atoms with van der Waals surface area (Å²) >= 11 is 5.86. The summed E-state index contributed by atoms with van der Waals surface area (Å²) in [5.41, 5.74) is 1.40. The molecule has 0 radical (unpaired) electrons. The van der Waals surface area contributed by atoms with Gasteiger partial charge in [0.25, 0.3) is 0 Å². The number of hydrogen-bond donors (Lipinski definition) is 1. The molecule has 17 heavy (non-hydrogen) atoms. The number of aliphatic hydroxyl groups excluding tert-OH is 1. The molecule has 1 aromatic carbocycles. The van der Waals surface area contributed by atoms with Crippen molar-refractivity contribution in [1.29, 1.82) is 5.26 Å². The Balaban J connectivity index is 2.96. The first-order valence-corrected chi connectivity index (χ1v) is 6.16. The van der Waals surface area contributed by atoms with Crippen molar-refractivity contribution in [2.24, 2.45) is 0 Å². The average Bonchev–Trinajstić information content (AvgIpc) is 2.34. The molecular weight excluding hydrogens is 236 g/mol. The van der Waals surface area contributed by atoms with Gasteiger partial charge in [-0.3, -0.25) is 0 Å². The zero-order chi connectivity index (χ0) is 12.7. The van der Waals surface area contributed by atoms with Crippen LogP contribution in [0.4, 0.5) is 5.69 Å². The molecule has 1 N–H and O–H groups in total. The van der Waals surface area contributed by atoms with Gasteiger partial charge in [0.1, 0.15) is 6.07 Å². The normalized spacial score (nSPS) is 10.0. The van der Waals surface area contributed by atoms with Crippen LogP contribution in [-0.4, -0.2) is 24.8 Å². The van der Waals surface area contributed by atoms with Crippen molar-refractivity contribution >= 4 is 17.3 Å². The monoisotopic (exact) mass is 252 g/mol. The predicted octanol–water partition coefficient (Wildman–Crippen LogP) is 2.81. The summed E-state index contributed by atoms with van der Waals surface area (Å²) in [4.78, 5) is 2.03. The maximum absolute atomic E-state index is 9.09. The highest BCUT2D eigenvalue weighted by Gasteiger charge is 2.10. The topological polar surface area (TPSA) is 47.3 Å². The largest absolute Gasteiger partial charge is 0.395 e. The highest BCUT2D eigenvalue weighted by Crippen LogP contribution is 2.24. The number of rotatable bonds is 6. The molecule has 3 nitrogen and oxygen atoms in total. The van der Waals surface area contributed by atoms with E-state index in [-0.39, 0.29) is 6.61 Å². The highest BCUT2D eigenvalue weighted by atomic mass is 35.5. The van der Waals surface area contributed by atoms with E-state index < -0.39 is 0 Å². The smallest absolute Gasteiger partial charge is 0.101 e. The number of unbranched alkanes of at least 4 members (excludes halogenated alkanes) is 1. The first-order valence-electron chi connectivity index (χ1n) is 5.78. The second-order valence-electron chi connectivity index (χ2n) is 3.84. The van der Waals surface area contributed by atoms with Gasteiger partial charge in [-0.1, -0.05) is 24.9 Å². The molecule has 0 saturated heterocycles. The minimum Gasteiger partial charge on any atom is -0.395 e. The summed E-state index contributed by atoms with van der Waals surface area (Å²) in [6.07, 6.45) is 2.12. The van der Waals surface area contributed by atoms with Gasteiger partial charge < -0.3 is 10.0 Å². The molecule has 4 heteroatoms. The quantitative estimate of drug-likeness (QED) is 0.847. The van der Waals surface area contributed by atoms with E-state index in [1.807, 2.05) is 11.0 Å². The van der Waals surface area contributed by atoms with E-state index in [0.717, 1.165) is 25.1 Å². The van der Waals surface area contributed by atoms with Gasteiger partial charge in [-0.2, -0.15) is 5.26 Å². The third kappa shape index (κ3) is 3.92. The molecule has 0 heterocycles. The van der Waals surface area contributed by atoms with Gasteiger partial charge in [0.05, 0.1) is 17.9 Å². The molecule has 0 atom stereocenters. The molecule has 0 spiro atoms. The molecule has 92 valence electrons. The molecule has 0 aliphatic heterocycles. The Labute approximate surface area is 107 Å². The van der Waals surface area contributed by atoms with E-state index >= 15 is 0 Å². The number of anilines is 1. The summed E-state index contributed by atoms with van der Waals surface area (Å²) in [5, 5.41) is 18.7. The second-order valence-corrected chi connectivity index (χ2v) is 4.27. The Hall–Kier alpha value is -1.24. The lowest BCUT2D eigenvalue weighted by Crippen LogP contribution is -2.28. The fraction of sp³-hybridized carbons (Fsp3) is 0.462. The molecule has 0 aliphatic rings. The van der Waals surface area contributed by atoms with E-state index in [2.05, 4.69) is 13.0 Å². The van der Waals surface area contributed by atoms with E-state index in [1.54, 1.807) is 12.1 Å². The van der Waals surface area contributed by atoms with Crippen LogP contribution in [0.15, 0.2) is 18.2 Å². The molecule has 1 aromatic rings. The van der Waals surface area contributed by atoms with Crippen molar-refractivity contribution in [1.82, 2.24) is 0 Å². The lowest BCUT2D eigenvalue weighted by atomic mass is 10.1. The first kappa shape index (κ1) is 13.8. The predicted molar refractivity (Wildman–Crippen MR) is 70.4 cm³/mol. The summed E-state index contributed by atoms with van der Waals surface area (Å²) in [6, 6.07) is 7.42. The zero-order valence-corrected chi connectivity index (χ0v) is 10.7. The Morgan fingerprint density at radius 2 is 2.18 bits per heavy atom. The number of hydrogen-bond acceptors (Lipinski definition) is 3. The molecule has 0 unspecified atom stereocenters. The second kappa shape index (κ2) is 7.16. The molecular formula is C13H17ClN2O. The molecule has 0 saturated carbocycles. The van der Waals surface area contributed by atoms with Crippen LogP contribution in [0.1, 0.15) is 25.3 Å².